The highest BCUT2D eigenvalue weighted by atomic mass is 79.9. The van der Waals surface area contributed by atoms with Crippen LogP contribution in [0.25, 0.3) is 0 Å². The van der Waals surface area contributed by atoms with Gasteiger partial charge in [-0.15, -0.1) is 0 Å². The Hall–Kier alpha value is -1.12. The van der Waals surface area contributed by atoms with Crippen molar-refractivity contribution in [1.29, 1.82) is 0 Å². The van der Waals surface area contributed by atoms with Gasteiger partial charge in [0.05, 0.1) is 16.5 Å². The van der Waals surface area contributed by atoms with E-state index in [0.29, 0.717) is 10.2 Å². The Morgan fingerprint density at radius 3 is 2.52 bits per heavy atom. The summed E-state index contributed by atoms with van der Waals surface area (Å²) in [6.07, 6.45) is 0.211. The summed E-state index contributed by atoms with van der Waals surface area (Å²) >= 11 is 3.23. The van der Waals surface area contributed by atoms with Crippen LogP contribution >= 0.6 is 15.9 Å². The number of halogens is 1. The van der Waals surface area contributed by atoms with E-state index in [9.17, 15) is 13.2 Å². The normalized spacial score (nSPS) is 13.2. The fourth-order valence-electron chi connectivity index (χ4n) is 1.73. The molecule has 1 aromatic rings. The molecule has 0 aromatic heterocycles. The Kier molecular flexibility index (Phi) is 6.18. The number of nitrogens with one attached hydrogen (secondary N) is 1. The van der Waals surface area contributed by atoms with Crippen LogP contribution in [-0.4, -0.2) is 32.6 Å². The van der Waals surface area contributed by atoms with Gasteiger partial charge in [-0.25, -0.2) is 8.42 Å². The highest BCUT2D eigenvalue weighted by Gasteiger charge is 2.26. The van der Waals surface area contributed by atoms with Crippen LogP contribution in [0.1, 0.15) is 20.3 Å². The number of benzene rings is 1. The molecule has 0 spiro atoms. The zero-order valence-corrected chi connectivity index (χ0v) is 14.4. The van der Waals surface area contributed by atoms with Gasteiger partial charge in [-0.05, 0) is 40.4 Å². The van der Waals surface area contributed by atoms with Crippen molar-refractivity contribution in [3.63, 3.8) is 0 Å². The van der Waals surface area contributed by atoms with Crippen LogP contribution in [0.4, 0.5) is 0 Å². The zero-order valence-electron chi connectivity index (χ0n) is 12.0. The van der Waals surface area contributed by atoms with Crippen LogP contribution < -0.4 is 9.46 Å². The SMILES string of the molecule is COc1cc(S(=O)(=O)NC(CC(C)C)C(=O)O)ccc1Br. The van der Waals surface area contributed by atoms with Gasteiger partial charge < -0.3 is 9.84 Å². The van der Waals surface area contributed by atoms with Gasteiger partial charge in [0.2, 0.25) is 10.0 Å². The summed E-state index contributed by atoms with van der Waals surface area (Å²) in [4.78, 5) is 11.1. The third-order valence-corrected chi connectivity index (χ3v) is 4.86. The Morgan fingerprint density at radius 2 is 2.05 bits per heavy atom. The monoisotopic (exact) mass is 379 g/mol. The first-order chi connectivity index (χ1) is 9.67. The van der Waals surface area contributed by atoms with Crippen molar-refractivity contribution in [3.8, 4) is 5.75 Å². The number of carbonyl (C=O) groups is 1. The lowest BCUT2D eigenvalue weighted by Gasteiger charge is -2.17. The van der Waals surface area contributed by atoms with E-state index in [0.717, 1.165) is 0 Å². The van der Waals surface area contributed by atoms with E-state index in [-0.39, 0.29) is 17.2 Å². The molecule has 6 nitrogen and oxygen atoms in total. The lowest BCUT2D eigenvalue weighted by Crippen LogP contribution is -2.41. The molecule has 118 valence electrons. The lowest BCUT2D eigenvalue weighted by molar-refractivity contribution is -0.139. The summed E-state index contributed by atoms with van der Waals surface area (Å²) in [5, 5.41) is 9.12. The molecule has 0 saturated heterocycles. The molecule has 0 heterocycles. The molecule has 0 saturated carbocycles. The number of methoxy groups -OCH3 is 1. The van der Waals surface area contributed by atoms with Gasteiger partial charge in [0.15, 0.2) is 0 Å². The van der Waals surface area contributed by atoms with Crippen LogP contribution in [-0.2, 0) is 14.8 Å². The minimum absolute atomic E-state index is 0.0439. The largest absolute Gasteiger partial charge is 0.496 e. The molecule has 0 bridgehead atoms. The van der Waals surface area contributed by atoms with Crippen molar-refractivity contribution in [2.45, 2.75) is 31.2 Å². The van der Waals surface area contributed by atoms with Crippen LogP contribution in [0, 0.1) is 5.92 Å². The van der Waals surface area contributed by atoms with Gasteiger partial charge in [-0.1, -0.05) is 13.8 Å². The van der Waals surface area contributed by atoms with Gasteiger partial charge in [0, 0.05) is 6.07 Å². The maximum absolute atomic E-state index is 12.3. The summed E-state index contributed by atoms with van der Waals surface area (Å²) in [6, 6.07) is 3.08. The third kappa shape index (κ3) is 4.98. The number of rotatable bonds is 7. The average molecular weight is 380 g/mol. The van der Waals surface area contributed by atoms with E-state index in [1.165, 1.54) is 25.3 Å². The first-order valence-corrected chi connectivity index (χ1v) is 8.53. The van der Waals surface area contributed by atoms with E-state index in [4.69, 9.17) is 9.84 Å². The van der Waals surface area contributed by atoms with Gasteiger partial charge in [0.1, 0.15) is 11.8 Å². The summed E-state index contributed by atoms with van der Waals surface area (Å²) in [7, 11) is -2.51. The van der Waals surface area contributed by atoms with E-state index >= 15 is 0 Å². The fourth-order valence-corrected chi connectivity index (χ4v) is 3.36. The molecule has 1 atom stereocenters. The summed E-state index contributed by atoms with van der Waals surface area (Å²) in [5.41, 5.74) is 0. The third-order valence-electron chi connectivity index (χ3n) is 2.74. The Balaban J connectivity index is 3.07. The van der Waals surface area contributed by atoms with Crippen LogP contribution in [0.2, 0.25) is 0 Å². The predicted molar refractivity (Wildman–Crippen MR) is 81.9 cm³/mol. The molecule has 0 aliphatic carbocycles. The van der Waals surface area contributed by atoms with Crippen molar-refractivity contribution in [3.05, 3.63) is 22.7 Å². The summed E-state index contributed by atoms with van der Waals surface area (Å²) in [6.45, 7) is 3.65. The van der Waals surface area contributed by atoms with E-state index in [2.05, 4.69) is 20.7 Å². The van der Waals surface area contributed by atoms with Gasteiger partial charge >= 0.3 is 5.97 Å². The molecule has 8 heteroatoms. The molecule has 2 N–H and O–H groups in total. The van der Waals surface area contributed by atoms with Crippen molar-refractivity contribution in [1.82, 2.24) is 4.72 Å². The maximum Gasteiger partial charge on any atom is 0.321 e. The molecule has 0 radical (unpaired) electrons. The first-order valence-electron chi connectivity index (χ1n) is 6.26. The molecule has 0 aliphatic heterocycles. The van der Waals surface area contributed by atoms with Gasteiger partial charge in [-0.3, -0.25) is 4.79 Å². The van der Waals surface area contributed by atoms with E-state index in [1.807, 2.05) is 13.8 Å². The Labute approximate surface area is 132 Å². The highest BCUT2D eigenvalue weighted by molar-refractivity contribution is 9.10. The molecule has 21 heavy (non-hydrogen) atoms. The highest BCUT2D eigenvalue weighted by Crippen LogP contribution is 2.27. The minimum Gasteiger partial charge on any atom is -0.496 e. The molecular formula is C13H18BrNO5S. The molecular weight excluding hydrogens is 362 g/mol. The van der Waals surface area contributed by atoms with E-state index < -0.39 is 22.0 Å². The average Bonchev–Trinajstić information content (AvgIpc) is 2.37. The second-order valence-electron chi connectivity index (χ2n) is 4.94. The van der Waals surface area contributed by atoms with Crippen molar-refractivity contribution in [2.75, 3.05) is 7.11 Å². The minimum atomic E-state index is -3.93. The van der Waals surface area contributed by atoms with Crippen molar-refractivity contribution < 1.29 is 23.1 Å². The second kappa shape index (κ2) is 7.24. The standard InChI is InChI=1S/C13H18BrNO5S/c1-8(2)6-11(13(16)17)15-21(18,19)9-4-5-10(14)12(7-9)20-3/h4-5,7-8,11,15H,6H2,1-3H3,(H,16,17). The van der Waals surface area contributed by atoms with Gasteiger partial charge in [0.25, 0.3) is 0 Å². The fraction of sp³-hybridized carbons (Fsp3) is 0.462. The predicted octanol–water partition coefficient (Wildman–Crippen LogP) is 2.24. The molecule has 1 aromatic carbocycles. The molecule has 0 fully saturated rings. The zero-order chi connectivity index (χ0) is 16.2. The number of ether oxygens (including phenoxy) is 1. The molecule has 0 aliphatic rings. The molecule has 1 unspecified atom stereocenters. The summed E-state index contributed by atoms with van der Waals surface area (Å²) < 4.78 is 32.4. The quantitative estimate of drug-likeness (QED) is 0.757. The van der Waals surface area contributed by atoms with Crippen molar-refractivity contribution in [2.24, 2.45) is 5.92 Å². The second-order valence-corrected chi connectivity index (χ2v) is 7.51. The number of sulfonamides is 1. The Bertz CT molecular complexity index is 615. The molecule has 1 rings (SSSR count). The van der Waals surface area contributed by atoms with Crippen LogP contribution in [0.5, 0.6) is 5.75 Å². The number of carboxylic acid groups (broad SMARTS) is 1. The lowest BCUT2D eigenvalue weighted by atomic mass is 10.1. The Morgan fingerprint density at radius 1 is 1.43 bits per heavy atom. The number of hydrogen-bond donors (Lipinski definition) is 2. The number of carboxylic acids is 1. The smallest absolute Gasteiger partial charge is 0.321 e. The number of hydrogen-bond acceptors (Lipinski definition) is 4. The van der Waals surface area contributed by atoms with Gasteiger partial charge in [-0.2, -0.15) is 4.72 Å². The van der Waals surface area contributed by atoms with E-state index in [1.54, 1.807) is 0 Å². The maximum atomic E-state index is 12.3. The van der Waals surface area contributed by atoms with Crippen LogP contribution in [0.15, 0.2) is 27.6 Å². The van der Waals surface area contributed by atoms with Crippen molar-refractivity contribution >= 4 is 31.9 Å². The number of aliphatic carboxylic acids is 1. The van der Waals surface area contributed by atoms with Crippen LogP contribution in [0.3, 0.4) is 0 Å². The molecule has 0 amide bonds. The topological polar surface area (TPSA) is 92.7 Å². The first kappa shape index (κ1) is 17.9. The summed E-state index contributed by atoms with van der Waals surface area (Å²) in [5.74, 6) is -0.793.